The second kappa shape index (κ2) is 5.42. The molecule has 104 valence electrons. The van der Waals surface area contributed by atoms with Crippen LogP contribution in [0.1, 0.15) is 11.1 Å². The molecule has 0 radical (unpaired) electrons. The Labute approximate surface area is 117 Å². The molecule has 1 aromatic rings. The second-order valence-corrected chi connectivity index (χ2v) is 6.96. The van der Waals surface area contributed by atoms with Crippen LogP contribution in [0.25, 0.3) is 0 Å². The number of ether oxygens (including phenoxy) is 1. The van der Waals surface area contributed by atoms with Crippen LogP contribution in [0.2, 0.25) is 0 Å². The molecule has 0 unspecified atom stereocenters. The van der Waals surface area contributed by atoms with Crippen molar-refractivity contribution in [2.75, 3.05) is 19.4 Å². The highest BCUT2D eigenvalue weighted by Gasteiger charge is 2.23. The fourth-order valence-electron chi connectivity index (χ4n) is 1.70. The fourth-order valence-corrected chi connectivity index (χ4v) is 3.97. The number of thioether (sulfide) groups is 1. The van der Waals surface area contributed by atoms with Gasteiger partial charge in [-0.2, -0.15) is 0 Å². The van der Waals surface area contributed by atoms with Crippen molar-refractivity contribution in [2.45, 2.75) is 18.7 Å². The lowest BCUT2D eigenvalue weighted by Crippen LogP contribution is -2.28. The first-order valence-corrected chi connectivity index (χ1v) is 8.26. The molecule has 7 heteroatoms. The molecule has 2 rings (SSSR count). The topological polar surface area (TPSA) is 67.8 Å². The van der Waals surface area contributed by atoms with Gasteiger partial charge in [0.25, 0.3) is 10.0 Å². The lowest BCUT2D eigenvalue weighted by Gasteiger charge is -2.13. The van der Waals surface area contributed by atoms with Crippen molar-refractivity contribution >= 4 is 27.0 Å². The van der Waals surface area contributed by atoms with E-state index in [1.807, 2.05) is 13.8 Å². The average molecular weight is 300 g/mol. The number of hydrogen-bond acceptors (Lipinski definition) is 5. The summed E-state index contributed by atoms with van der Waals surface area (Å²) in [6.07, 6.45) is 0. The number of methoxy groups -OCH3 is 1. The van der Waals surface area contributed by atoms with Gasteiger partial charge in [0.2, 0.25) is 0 Å². The van der Waals surface area contributed by atoms with Gasteiger partial charge in [0.15, 0.2) is 5.17 Å². The summed E-state index contributed by atoms with van der Waals surface area (Å²) in [5, 5.41) is 0.445. The van der Waals surface area contributed by atoms with Crippen LogP contribution in [-0.2, 0) is 10.0 Å². The van der Waals surface area contributed by atoms with Gasteiger partial charge in [-0.25, -0.2) is 8.42 Å². The minimum atomic E-state index is -3.65. The van der Waals surface area contributed by atoms with E-state index in [0.29, 0.717) is 17.5 Å². The summed E-state index contributed by atoms with van der Waals surface area (Å²) in [5.41, 5.74) is 1.89. The van der Waals surface area contributed by atoms with Crippen LogP contribution in [0.5, 0.6) is 5.75 Å². The largest absolute Gasteiger partial charge is 0.495 e. The number of nitrogens with zero attached hydrogens (tertiary/aromatic N) is 1. The summed E-state index contributed by atoms with van der Waals surface area (Å²) < 4.78 is 32.4. The highest BCUT2D eigenvalue weighted by Crippen LogP contribution is 2.27. The Bertz CT molecular complexity index is 624. The average Bonchev–Trinajstić information content (AvgIpc) is 2.84. The Kier molecular flexibility index (Phi) is 4.05. The van der Waals surface area contributed by atoms with Crippen molar-refractivity contribution in [2.24, 2.45) is 4.99 Å². The molecule has 0 saturated carbocycles. The van der Waals surface area contributed by atoms with Gasteiger partial charge in [0, 0.05) is 5.75 Å². The third-order valence-electron chi connectivity index (χ3n) is 2.88. The molecule has 0 spiro atoms. The van der Waals surface area contributed by atoms with Crippen molar-refractivity contribution in [3.05, 3.63) is 23.3 Å². The van der Waals surface area contributed by atoms with E-state index in [4.69, 9.17) is 4.74 Å². The molecule has 0 fully saturated rings. The van der Waals surface area contributed by atoms with Crippen molar-refractivity contribution < 1.29 is 13.2 Å². The van der Waals surface area contributed by atoms with Gasteiger partial charge < -0.3 is 4.74 Å². The molecule has 1 heterocycles. The second-order valence-electron chi connectivity index (χ2n) is 4.23. The number of sulfonamides is 1. The molecule has 0 saturated heterocycles. The summed E-state index contributed by atoms with van der Waals surface area (Å²) in [4.78, 5) is 4.24. The van der Waals surface area contributed by atoms with Gasteiger partial charge in [-0.15, -0.1) is 0 Å². The fraction of sp³-hybridized carbons (Fsp3) is 0.417. The number of amidine groups is 1. The van der Waals surface area contributed by atoms with Crippen LogP contribution in [-0.4, -0.2) is 33.0 Å². The molecular formula is C12H16N2O3S2. The summed E-state index contributed by atoms with van der Waals surface area (Å²) >= 11 is 1.40. The molecule has 1 aliphatic heterocycles. The maximum absolute atomic E-state index is 12.3. The lowest BCUT2D eigenvalue weighted by atomic mass is 10.1. The Balaban J connectivity index is 2.41. The number of nitrogens with one attached hydrogen (secondary N) is 1. The zero-order valence-electron chi connectivity index (χ0n) is 11.1. The smallest absolute Gasteiger partial charge is 0.267 e. The predicted octanol–water partition coefficient (Wildman–Crippen LogP) is 1.69. The molecule has 0 bridgehead atoms. The van der Waals surface area contributed by atoms with Crippen molar-refractivity contribution in [3.63, 3.8) is 0 Å². The maximum Gasteiger partial charge on any atom is 0.267 e. The highest BCUT2D eigenvalue weighted by molar-refractivity contribution is 8.15. The number of hydrogen-bond donors (Lipinski definition) is 1. The third-order valence-corrected chi connectivity index (χ3v) is 5.26. The van der Waals surface area contributed by atoms with E-state index in [1.165, 1.54) is 18.9 Å². The molecule has 1 aliphatic rings. The molecule has 0 atom stereocenters. The SMILES string of the molecule is COc1cc(C)c(C)cc1S(=O)(=O)NC1=NCCS1. The number of benzene rings is 1. The Morgan fingerprint density at radius 3 is 2.58 bits per heavy atom. The van der Waals surface area contributed by atoms with Gasteiger partial charge in [0.1, 0.15) is 10.6 Å². The normalized spacial score (nSPS) is 15.2. The summed E-state index contributed by atoms with van der Waals surface area (Å²) in [7, 11) is -2.19. The third kappa shape index (κ3) is 3.03. The summed E-state index contributed by atoms with van der Waals surface area (Å²) in [5.74, 6) is 1.15. The van der Waals surface area contributed by atoms with E-state index >= 15 is 0 Å². The van der Waals surface area contributed by atoms with Crippen LogP contribution in [0.15, 0.2) is 22.0 Å². The first kappa shape index (κ1) is 14.2. The van der Waals surface area contributed by atoms with Gasteiger partial charge in [-0.3, -0.25) is 9.71 Å². The van der Waals surface area contributed by atoms with Crippen LogP contribution in [0.4, 0.5) is 0 Å². The molecule has 5 nitrogen and oxygen atoms in total. The van der Waals surface area contributed by atoms with Crippen molar-refractivity contribution in [3.8, 4) is 5.75 Å². The van der Waals surface area contributed by atoms with E-state index < -0.39 is 10.0 Å². The highest BCUT2D eigenvalue weighted by atomic mass is 32.2. The first-order chi connectivity index (χ1) is 8.94. The number of aliphatic imine (C=N–C) groups is 1. The van der Waals surface area contributed by atoms with E-state index in [9.17, 15) is 8.42 Å². The van der Waals surface area contributed by atoms with Gasteiger partial charge in [-0.05, 0) is 37.1 Å². The molecule has 0 aliphatic carbocycles. The van der Waals surface area contributed by atoms with Crippen LogP contribution in [0, 0.1) is 13.8 Å². The maximum atomic E-state index is 12.3. The Morgan fingerprint density at radius 1 is 1.32 bits per heavy atom. The molecular weight excluding hydrogens is 284 g/mol. The first-order valence-electron chi connectivity index (χ1n) is 5.79. The molecule has 0 aromatic heterocycles. The minimum Gasteiger partial charge on any atom is -0.495 e. The number of aryl methyl sites for hydroxylation is 2. The van der Waals surface area contributed by atoms with E-state index in [2.05, 4.69) is 9.71 Å². The van der Waals surface area contributed by atoms with Gasteiger partial charge >= 0.3 is 0 Å². The van der Waals surface area contributed by atoms with Crippen molar-refractivity contribution in [1.29, 1.82) is 0 Å². The molecule has 1 aromatic carbocycles. The van der Waals surface area contributed by atoms with E-state index in [0.717, 1.165) is 16.9 Å². The Morgan fingerprint density at radius 2 is 2.00 bits per heavy atom. The quantitative estimate of drug-likeness (QED) is 0.922. The predicted molar refractivity (Wildman–Crippen MR) is 77.5 cm³/mol. The molecule has 0 amide bonds. The molecule has 1 N–H and O–H groups in total. The van der Waals surface area contributed by atoms with Gasteiger partial charge in [0.05, 0.1) is 13.7 Å². The van der Waals surface area contributed by atoms with Crippen molar-refractivity contribution in [1.82, 2.24) is 4.72 Å². The lowest BCUT2D eigenvalue weighted by molar-refractivity contribution is 0.402. The Hall–Kier alpha value is -1.21. The van der Waals surface area contributed by atoms with Crippen LogP contribution in [0.3, 0.4) is 0 Å². The number of rotatable bonds is 3. The van der Waals surface area contributed by atoms with Crippen LogP contribution < -0.4 is 9.46 Å². The standard InChI is InChI=1S/C12H16N2O3S2/c1-8-6-10(17-3)11(7-9(8)2)19(15,16)14-12-13-4-5-18-12/h6-7H,4-5H2,1-3H3,(H,13,14). The molecule has 19 heavy (non-hydrogen) atoms. The minimum absolute atomic E-state index is 0.147. The van der Waals surface area contributed by atoms with E-state index in [-0.39, 0.29) is 4.90 Å². The van der Waals surface area contributed by atoms with E-state index in [1.54, 1.807) is 12.1 Å². The summed E-state index contributed by atoms with van der Waals surface area (Å²) in [6, 6.07) is 3.35. The summed E-state index contributed by atoms with van der Waals surface area (Å²) in [6.45, 7) is 4.43. The zero-order valence-corrected chi connectivity index (χ0v) is 12.7. The zero-order chi connectivity index (χ0) is 14.0. The van der Waals surface area contributed by atoms with Crippen LogP contribution >= 0.6 is 11.8 Å². The monoisotopic (exact) mass is 300 g/mol. The van der Waals surface area contributed by atoms with Gasteiger partial charge in [-0.1, -0.05) is 11.8 Å².